The van der Waals surface area contributed by atoms with Gasteiger partial charge in [0.15, 0.2) is 5.82 Å². The van der Waals surface area contributed by atoms with Crippen LogP contribution in [0.5, 0.6) is 0 Å². The van der Waals surface area contributed by atoms with Gasteiger partial charge in [-0.3, -0.25) is 0 Å². The highest BCUT2D eigenvalue weighted by molar-refractivity contribution is 6.31. The summed E-state index contributed by atoms with van der Waals surface area (Å²) in [5.74, 6) is -0.449. The molecule has 0 heterocycles. The Bertz CT molecular complexity index is 336. The molecule has 0 atom stereocenters. The molecule has 0 aliphatic heterocycles. The summed E-state index contributed by atoms with van der Waals surface area (Å²) in [7, 11) is 0. The van der Waals surface area contributed by atoms with Gasteiger partial charge in [0.2, 0.25) is 0 Å². The van der Waals surface area contributed by atoms with Crippen molar-refractivity contribution in [3.63, 3.8) is 0 Å². The third-order valence-corrected chi connectivity index (χ3v) is 2.30. The molecule has 0 saturated heterocycles. The van der Waals surface area contributed by atoms with Gasteiger partial charge in [0.1, 0.15) is 0 Å². The van der Waals surface area contributed by atoms with E-state index < -0.39 is 11.4 Å². The maximum absolute atomic E-state index is 13.4. The predicted octanol–water partition coefficient (Wildman–Crippen LogP) is 3.05. The van der Waals surface area contributed by atoms with E-state index in [0.717, 1.165) is 0 Å². The topological polar surface area (TPSA) is 32.3 Å². The van der Waals surface area contributed by atoms with Crippen molar-refractivity contribution in [1.82, 2.24) is 0 Å². The average Bonchev–Trinajstić information content (AvgIpc) is 2.10. The number of rotatable bonds is 4. The van der Waals surface area contributed by atoms with Crippen LogP contribution in [0.2, 0.25) is 5.02 Å². The Morgan fingerprint density at radius 3 is 2.73 bits per heavy atom. The van der Waals surface area contributed by atoms with Crippen molar-refractivity contribution >= 4 is 17.3 Å². The molecule has 0 aromatic heterocycles. The van der Waals surface area contributed by atoms with Crippen LogP contribution in [0.15, 0.2) is 18.2 Å². The Morgan fingerprint density at radius 1 is 1.47 bits per heavy atom. The summed E-state index contributed by atoms with van der Waals surface area (Å²) >= 11 is 5.62. The molecule has 2 N–H and O–H groups in total. The number of hydrogen-bond acceptors (Lipinski definition) is 2. The van der Waals surface area contributed by atoms with Crippen molar-refractivity contribution in [3.8, 4) is 0 Å². The number of benzene rings is 1. The van der Waals surface area contributed by atoms with Crippen LogP contribution in [0.25, 0.3) is 0 Å². The number of halogens is 2. The van der Waals surface area contributed by atoms with Crippen LogP contribution >= 0.6 is 11.6 Å². The summed E-state index contributed by atoms with van der Waals surface area (Å²) in [5.41, 5.74) is -0.381. The normalized spacial score (nSPS) is 11.5. The molecule has 0 aliphatic rings. The van der Waals surface area contributed by atoms with E-state index in [9.17, 15) is 9.50 Å². The predicted molar refractivity (Wildman–Crippen MR) is 60.8 cm³/mol. The fourth-order valence-electron chi connectivity index (χ4n) is 1.14. The van der Waals surface area contributed by atoms with E-state index in [1.807, 2.05) is 0 Å². The van der Waals surface area contributed by atoms with Gasteiger partial charge in [-0.1, -0.05) is 17.7 Å². The second kappa shape index (κ2) is 4.81. The number of anilines is 1. The molecule has 0 amide bonds. The molecule has 0 bridgehead atoms. The van der Waals surface area contributed by atoms with E-state index in [0.29, 0.717) is 18.7 Å². The van der Waals surface area contributed by atoms with Gasteiger partial charge in [-0.25, -0.2) is 4.39 Å². The molecular weight excluding hydrogens is 217 g/mol. The molecule has 1 aromatic carbocycles. The highest BCUT2D eigenvalue weighted by Gasteiger charge is 2.12. The van der Waals surface area contributed by atoms with Crippen LogP contribution in [0.4, 0.5) is 10.1 Å². The minimum atomic E-state index is -0.748. The van der Waals surface area contributed by atoms with Crippen LogP contribution in [-0.4, -0.2) is 17.3 Å². The largest absolute Gasteiger partial charge is 0.390 e. The lowest BCUT2D eigenvalue weighted by Gasteiger charge is -2.17. The lowest BCUT2D eigenvalue weighted by atomic mass is 10.1. The van der Waals surface area contributed by atoms with Crippen molar-refractivity contribution in [2.24, 2.45) is 0 Å². The standard InChI is InChI=1S/C11H15ClFNO/c1-11(2,15)6-7-14-9-5-3-4-8(12)10(9)13/h3-5,14-15H,6-7H2,1-2H3. The van der Waals surface area contributed by atoms with Gasteiger partial charge in [-0.2, -0.15) is 0 Å². The first-order chi connectivity index (χ1) is 6.90. The van der Waals surface area contributed by atoms with Gasteiger partial charge in [-0.05, 0) is 32.4 Å². The Balaban J connectivity index is 2.55. The minimum absolute atomic E-state index is 0.100. The van der Waals surface area contributed by atoms with E-state index in [2.05, 4.69) is 5.32 Å². The van der Waals surface area contributed by atoms with Crippen LogP contribution in [0, 0.1) is 5.82 Å². The molecule has 4 heteroatoms. The highest BCUT2D eigenvalue weighted by Crippen LogP contribution is 2.22. The van der Waals surface area contributed by atoms with Crippen molar-refractivity contribution in [1.29, 1.82) is 0 Å². The van der Waals surface area contributed by atoms with E-state index >= 15 is 0 Å². The van der Waals surface area contributed by atoms with E-state index in [-0.39, 0.29) is 5.02 Å². The smallest absolute Gasteiger partial charge is 0.164 e. The third kappa shape index (κ3) is 4.06. The molecule has 2 nitrogen and oxygen atoms in total. The first-order valence-corrected chi connectivity index (χ1v) is 5.18. The van der Waals surface area contributed by atoms with Crippen LogP contribution < -0.4 is 5.32 Å². The quantitative estimate of drug-likeness (QED) is 0.835. The van der Waals surface area contributed by atoms with Crippen molar-refractivity contribution in [2.45, 2.75) is 25.9 Å². The molecule has 0 fully saturated rings. The van der Waals surface area contributed by atoms with Gasteiger partial charge in [0, 0.05) is 6.54 Å². The summed E-state index contributed by atoms with van der Waals surface area (Å²) in [6.45, 7) is 3.92. The Morgan fingerprint density at radius 2 is 2.13 bits per heavy atom. The zero-order valence-electron chi connectivity index (χ0n) is 8.85. The van der Waals surface area contributed by atoms with Crippen molar-refractivity contribution in [2.75, 3.05) is 11.9 Å². The number of nitrogens with one attached hydrogen (secondary N) is 1. The monoisotopic (exact) mass is 231 g/mol. The first kappa shape index (κ1) is 12.3. The molecule has 0 unspecified atom stereocenters. The molecule has 84 valence electrons. The third-order valence-electron chi connectivity index (χ3n) is 2.00. The fraction of sp³-hybridized carbons (Fsp3) is 0.455. The summed E-state index contributed by atoms with van der Waals surface area (Å²) in [5, 5.41) is 12.5. The van der Waals surface area contributed by atoms with E-state index in [4.69, 9.17) is 11.6 Å². The molecule has 15 heavy (non-hydrogen) atoms. The molecule has 0 saturated carbocycles. The maximum atomic E-state index is 13.4. The molecular formula is C11H15ClFNO. The first-order valence-electron chi connectivity index (χ1n) is 4.80. The molecule has 1 rings (SSSR count). The zero-order valence-corrected chi connectivity index (χ0v) is 9.61. The van der Waals surface area contributed by atoms with E-state index in [1.54, 1.807) is 26.0 Å². The fourth-order valence-corrected chi connectivity index (χ4v) is 1.32. The van der Waals surface area contributed by atoms with Gasteiger partial charge < -0.3 is 10.4 Å². The molecule has 0 spiro atoms. The van der Waals surface area contributed by atoms with Crippen LogP contribution in [-0.2, 0) is 0 Å². The van der Waals surface area contributed by atoms with E-state index in [1.165, 1.54) is 6.07 Å². The number of aliphatic hydroxyl groups is 1. The SMILES string of the molecule is CC(C)(O)CCNc1cccc(Cl)c1F. The lowest BCUT2D eigenvalue weighted by molar-refractivity contribution is 0.0748. The van der Waals surface area contributed by atoms with Crippen LogP contribution in [0.3, 0.4) is 0 Å². The second-order valence-electron chi connectivity index (χ2n) is 4.09. The van der Waals surface area contributed by atoms with Crippen molar-refractivity contribution < 1.29 is 9.50 Å². The molecule has 0 aliphatic carbocycles. The van der Waals surface area contributed by atoms with Gasteiger partial charge >= 0.3 is 0 Å². The number of hydrogen-bond donors (Lipinski definition) is 2. The highest BCUT2D eigenvalue weighted by atomic mass is 35.5. The summed E-state index contributed by atoms with van der Waals surface area (Å²) in [4.78, 5) is 0. The maximum Gasteiger partial charge on any atom is 0.164 e. The van der Waals surface area contributed by atoms with Gasteiger partial charge in [0.25, 0.3) is 0 Å². The Kier molecular flexibility index (Phi) is 3.94. The van der Waals surface area contributed by atoms with Crippen LogP contribution in [0.1, 0.15) is 20.3 Å². The Labute approximate surface area is 94.1 Å². The zero-order chi connectivity index (χ0) is 11.5. The second-order valence-corrected chi connectivity index (χ2v) is 4.50. The lowest BCUT2D eigenvalue weighted by Crippen LogP contribution is -2.22. The minimum Gasteiger partial charge on any atom is -0.390 e. The van der Waals surface area contributed by atoms with Gasteiger partial charge in [0.05, 0.1) is 16.3 Å². The summed E-state index contributed by atoms with van der Waals surface area (Å²) < 4.78 is 13.4. The average molecular weight is 232 g/mol. The molecule has 1 aromatic rings. The van der Waals surface area contributed by atoms with Gasteiger partial charge in [-0.15, -0.1) is 0 Å². The summed E-state index contributed by atoms with van der Waals surface area (Å²) in [6, 6.07) is 4.79. The van der Waals surface area contributed by atoms with Crippen molar-refractivity contribution in [3.05, 3.63) is 29.0 Å². The Hall–Kier alpha value is -0.800. The molecule has 0 radical (unpaired) electrons. The summed E-state index contributed by atoms with van der Waals surface area (Å²) in [6.07, 6.45) is 0.541.